The number of aromatic nitrogens is 1. The zero-order valence-electron chi connectivity index (χ0n) is 7.21. The molecule has 1 rings (SSSR count). The Morgan fingerprint density at radius 2 is 2.23 bits per heavy atom. The summed E-state index contributed by atoms with van der Waals surface area (Å²) >= 11 is 0. The third-order valence-electron chi connectivity index (χ3n) is 1.88. The van der Waals surface area contributed by atoms with Crippen LogP contribution in [0.15, 0.2) is 18.3 Å². The number of primary amides is 1. The molecule has 72 valence electrons. The lowest BCUT2D eigenvalue weighted by atomic mass is 10.1. The normalized spacial score (nSPS) is 15.3. The van der Waals surface area contributed by atoms with Gasteiger partial charge in [0.05, 0.1) is 0 Å². The summed E-state index contributed by atoms with van der Waals surface area (Å²) in [7, 11) is 1.70. The number of aliphatic hydroxyl groups is 2. The molecule has 4 N–H and O–H groups in total. The van der Waals surface area contributed by atoms with Crippen LogP contribution in [-0.4, -0.2) is 26.8 Å². The Labute approximate surface area is 75.4 Å². The molecule has 0 spiro atoms. The molecule has 0 radical (unpaired) electrons. The Morgan fingerprint density at radius 3 is 2.62 bits per heavy atom. The van der Waals surface area contributed by atoms with Gasteiger partial charge in [-0.2, -0.15) is 0 Å². The summed E-state index contributed by atoms with van der Waals surface area (Å²) in [6, 6.07) is 3.31. The highest BCUT2D eigenvalue weighted by Gasteiger charge is 2.24. The second kappa shape index (κ2) is 3.59. The largest absolute Gasteiger partial charge is 0.384 e. The SMILES string of the molecule is Cn1cccc1C(O)C(O)C(N)=O. The number of nitrogens with zero attached hydrogens (tertiary/aromatic N) is 1. The lowest BCUT2D eigenvalue weighted by molar-refractivity contribution is -0.132. The molecule has 0 fully saturated rings. The van der Waals surface area contributed by atoms with E-state index in [2.05, 4.69) is 0 Å². The van der Waals surface area contributed by atoms with Crippen molar-refractivity contribution in [1.29, 1.82) is 0 Å². The van der Waals surface area contributed by atoms with E-state index in [-0.39, 0.29) is 0 Å². The van der Waals surface area contributed by atoms with Gasteiger partial charge in [-0.25, -0.2) is 0 Å². The molecule has 5 nitrogen and oxygen atoms in total. The fourth-order valence-corrected chi connectivity index (χ4v) is 1.10. The van der Waals surface area contributed by atoms with Crippen molar-refractivity contribution in [2.75, 3.05) is 0 Å². The molecule has 5 heteroatoms. The van der Waals surface area contributed by atoms with Crippen LogP contribution in [0.5, 0.6) is 0 Å². The van der Waals surface area contributed by atoms with Crippen LogP contribution in [0, 0.1) is 0 Å². The fraction of sp³-hybridized carbons (Fsp3) is 0.375. The lowest BCUT2D eigenvalue weighted by Crippen LogP contribution is -2.34. The maximum absolute atomic E-state index is 10.6. The van der Waals surface area contributed by atoms with Crippen LogP contribution in [0.3, 0.4) is 0 Å². The molecule has 2 atom stereocenters. The number of rotatable bonds is 3. The van der Waals surface area contributed by atoms with Gasteiger partial charge < -0.3 is 20.5 Å². The van der Waals surface area contributed by atoms with E-state index < -0.39 is 18.1 Å². The summed E-state index contributed by atoms with van der Waals surface area (Å²) in [6.45, 7) is 0. The molecule has 0 aromatic carbocycles. The topological polar surface area (TPSA) is 88.5 Å². The first-order chi connectivity index (χ1) is 6.04. The van der Waals surface area contributed by atoms with Gasteiger partial charge in [-0.1, -0.05) is 0 Å². The van der Waals surface area contributed by atoms with Crippen LogP contribution < -0.4 is 5.73 Å². The van der Waals surface area contributed by atoms with Crippen LogP contribution in [0.2, 0.25) is 0 Å². The molecule has 0 saturated heterocycles. The monoisotopic (exact) mass is 184 g/mol. The lowest BCUT2D eigenvalue weighted by Gasteiger charge is -2.15. The summed E-state index contributed by atoms with van der Waals surface area (Å²) in [6.07, 6.45) is -1.13. The number of aliphatic hydroxyl groups excluding tert-OH is 2. The van der Waals surface area contributed by atoms with E-state index in [4.69, 9.17) is 10.8 Å². The second-order valence-electron chi connectivity index (χ2n) is 2.84. The van der Waals surface area contributed by atoms with Crippen LogP contribution in [0.25, 0.3) is 0 Å². The number of amides is 1. The van der Waals surface area contributed by atoms with Crippen molar-refractivity contribution >= 4 is 5.91 Å². The van der Waals surface area contributed by atoms with Gasteiger partial charge in [0.2, 0.25) is 5.91 Å². The first kappa shape index (κ1) is 9.76. The molecule has 2 unspecified atom stereocenters. The maximum atomic E-state index is 10.6. The second-order valence-corrected chi connectivity index (χ2v) is 2.84. The quantitative estimate of drug-likeness (QED) is 0.557. The van der Waals surface area contributed by atoms with Crippen LogP contribution in [0.4, 0.5) is 0 Å². The van der Waals surface area contributed by atoms with Gasteiger partial charge in [0.15, 0.2) is 6.10 Å². The third kappa shape index (κ3) is 1.88. The van der Waals surface area contributed by atoms with Gasteiger partial charge in [0, 0.05) is 18.9 Å². The Balaban J connectivity index is 2.85. The van der Waals surface area contributed by atoms with E-state index >= 15 is 0 Å². The number of nitrogens with two attached hydrogens (primary N) is 1. The molecular formula is C8H12N2O3. The average Bonchev–Trinajstić information content (AvgIpc) is 2.48. The van der Waals surface area contributed by atoms with Crippen LogP contribution >= 0.6 is 0 Å². The Morgan fingerprint density at radius 1 is 1.62 bits per heavy atom. The van der Waals surface area contributed by atoms with Crippen molar-refractivity contribution in [3.8, 4) is 0 Å². The number of carbonyl (C=O) groups is 1. The van der Waals surface area contributed by atoms with Gasteiger partial charge >= 0.3 is 0 Å². The molecule has 0 aliphatic heterocycles. The van der Waals surface area contributed by atoms with Gasteiger partial charge in [-0.15, -0.1) is 0 Å². The van der Waals surface area contributed by atoms with E-state index in [1.165, 1.54) is 0 Å². The smallest absolute Gasteiger partial charge is 0.249 e. The van der Waals surface area contributed by atoms with Crippen LogP contribution in [0.1, 0.15) is 11.8 Å². The van der Waals surface area contributed by atoms with E-state index in [1.807, 2.05) is 0 Å². The van der Waals surface area contributed by atoms with E-state index in [0.29, 0.717) is 5.69 Å². The standard InChI is InChI=1S/C8H12N2O3/c1-10-4-2-3-5(10)6(11)7(12)8(9)13/h2-4,6-7,11-12H,1H3,(H2,9,13). The Hall–Kier alpha value is -1.33. The maximum Gasteiger partial charge on any atom is 0.249 e. The number of carbonyl (C=O) groups excluding carboxylic acids is 1. The molecule has 0 aliphatic carbocycles. The molecule has 0 saturated carbocycles. The minimum absolute atomic E-state index is 0.450. The summed E-state index contributed by atoms with van der Waals surface area (Å²) < 4.78 is 1.61. The van der Waals surface area contributed by atoms with Gasteiger partial charge in [-0.05, 0) is 12.1 Å². The average molecular weight is 184 g/mol. The molecule has 1 aromatic heterocycles. The molecule has 1 aromatic rings. The van der Waals surface area contributed by atoms with Crippen molar-refractivity contribution < 1.29 is 15.0 Å². The third-order valence-corrected chi connectivity index (χ3v) is 1.88. The van der Waals surface area contributed by atoms with Gasteiger partial charge in [0.1, 0.15) is 6.10 Å². The van der Waals surface area contributed by atoms with Crippen LogP contribution in [-0.2, 0) is 11.8 Å². The number of hydrogen-bond donors (Lipinski definition) is 3. The predicted octanol–water partition coefficient (Wildman–Crippen LogP) is -1.10. The number of aryl methyl sites for hydroxylation is 1. The van der Waals surface area contributed by atoms with Crippen molar-refractivity contribution in [1.82, 2.24) is 4.57 Å². The Bertz CT molecular complexity index is 308. The molecule has 0 aliphatic rings. The molecule has 13 heavy (non-hydrogen) atoms. The number of hydrogen-bond acceptors (Lipinski definition) is 3. The van der Waals surface area contributed by atoms with Crippen molar-refractivity contribution in [2.24, 2.45) is 12.8 Å². The van der Waals surface area contributed by atoms with Gasteiger partial charge in [0.25, 0.3) is 0 Å². The zero-order chi connectivity index (χ0) is 10.0. The highest BCUT2D eigenvalue weighted by atomic mass is 16.3. The molecular weight excluding hydrogens is 172 g/mol. The van der Waals surface area contributed by atoms with Crippen molar-refractivity contribution in [3.05, 3.63) is 24.0 Å². The highest BCUT2D eigenvalue weighted by molar-refractivity contribution is 5.79. The summed E-state index contributed by atoms with van der Waals surface area (Å²) in [4.78, 5) is 10.6. The minimum Gasteiger partial charge on any atom is -0.384 e. The van der Waals surface area contributed by atoms with Gasteiger partial charge in [-0.3, -0.25) is 4.79 Å². The highest BCUT2D eigenvalue weighted by Crippen LogP contribution is 2.16. The van der Waals surface area contributed by atoms with E-state index in [1.54, 1.807) is 29.9 Å². The van der Waals surface area contributed by atoms with Crippen molar-refractivity contribution in [3.63, 3.8) is 0 Å². The van der Waals surface area contributed by atoms with E-state index in [0.717, 1.165) is 0 Å². The first-order valence-corrected chi connectivity index (χ1v) is 3.80. The molecule has 0 bridgehead atoms. The summed E-state index contributed by atoms with van der Waals surface area (Å²) in [5, 5.41) is 18.6. The first-order valence-electron chi connectivity index (χ1n) is 3.80. The zero-order valence-corrected chi connectivity index (χ0v) is 7.21. The van der Waals surface area contributed by atoms with E-state index in [9.17, 15) is 9.90 Å². The predicted molar refractivity (Wildman–Crippen MR) is 45.6 cm³/mol. The minimum atomic E-state index is -1.56. The molecule has 1 heterocycles. The summed E-state index contributed by atoms with van der Waals surface area (Å²) in [5.74, 6) is -0.936. The summed E-state index contributed by atoms with van der Waals surface area (Å²) in [5.41, 5.74) is 5.29. The Kier molecular flexibility index (Phi) is 2.69. The van der Waals surface area contributed by atoms with Crippen molar-refractivity contribution in [2.45, 2.75) is 12.2 Å². The molecule has 1 amide bonds. The fourth-order valence-electron chi connectivity index (χ4n) is 1.10.